The summed E-state index contributed by atoms with van der Waals surface area (Å²) in [6.07, 6.45) is 10.1. The lowest BCUT2D eigenvalue weighted by Gasteiger charge is -2.30. The summed E-state index contributed by atoms with van der Waals surface area (Å²) in [5.41, 5.74) is 4.45. The maximum Gasteiger partial charge on any atom is 0.315 e. The van der Waals surface area contributed by atoms with E-state index in [1.165, 1.54) is 31.9 Å². The third-order valence-electron chi connectivity index (χ3n) is 6.14. The highest BCUT2D eigenvalue weighted by Gasteiger charge is 2.38. The van der Waals surface area contributed by atoms with E-state index < -0.39 is 0 Å². The van der Waals surface area contributed by atoms with Crippen LogP contribution in [0, 0.1) is 5.92 Å². The molecule has 144 valence electrons. The average molecular weight is 387 g/mol. The van der Waals surface area contributed by atoms with Gasteiger partial charge in [0.05, 0.1) is 24.2 Å². The van der Waals surface area contributed by atoms with Gasteiger partial charge in [0.1, 0.15) is 5.92 Å². The first-order valence-electron chi connectivity index (χ1n) is 10.1. The molecular formula is C22H27ClN2O2. The summed E-state index contributed by atoms with van der Waals surface area (Å²) in [5, 5.41) is 5.65. The first-order valence-corrected chi connectivity index (χ1v) is 10.5. The average Bonchev–Trinajstić information content (AvgIpc) is 3.09. The lowest BCUT2D eigenvalue weighted by atomic mass is 9.76. The summed E-state index contributed by atoms with van der Waals surface area (Å²) in [7, 11) is 1.51. The SMILES string of the molecule is COC(=O)C(c1c2c(nn1-c1ccc(Cl)cc1)CCCC2)C1CCCCC1. The zero-order chi connectivity index (χ0) is 18.8. The number of rotatable bonds is 4. The van der Waals surface area contributed by atoms with Gasteiger partial charge >= 0.3 is 5.97 Å². The van der Waals surface area contributed by atoms with Crippen LogP contribution >= 0.6 is 11.6 Å². The molecule has 0 bridgehead atoms. The minimum atomic E-state index is -0.236. The van der Waals surface area contributed by atoms with Gasteiger partial charge in [0.15, 0.2) is 0 Å². The molecule has 1 aromatic heterocycles. The van der Waals surface area contributed by atoms with Crippen LogP contribution in [0.3, 0.4) is 0 Å². The third-order valence-corrected chi connectivity index (χ3v) is 6.39. The van der Waals surface area contributed by atoms with Gasteiger partial charge in [-0.3, -0.25) is 4.79 Å². The normalized spacial score (nSPS) is 18.7. The monoisotopic (exact) mass is 386 g/mol. The second-order valence-corrected chi connectivity index (χ2v) is 8.24. The number of ether oxygens (including phenoxy) is 1. The number of methoxy groups -OCH3 is 1. The summed E-state index contributed by atoms with van der Waals surface area (Å²) in [6, 6.07) is 7.74. The number of esters is 1. The number of aromatic nitrogens is 2. The molecule has 1 unspecified atom stereocenters. The van der Waals surface area contributed by atoms with E-state index in [9.17, 15) is 4.79 Å². The Morgan fingerprint density at radius 1 is 1.11 bits per heavy atom. The summed E-state index contributed by atoms with van der Waals surface area (Å²) in [6.45, 7) is 0. The zero-order valence-electron chi connectivity index (χ0n) is 15.9. The fraction of sp³-hybridized carbons (Fsp3) is 0.545. The van der Waals surface area contributed by atoms with Crippen molar-refractivity contribution in [3.05, 3.63) is 46.2 Å². The topological polar surface area (TPSA) is 44.1 Å². The van der Waals surface area contributed by atoms with Crippen LogP contribution < -0.4 is 0 Å². The Hall–Kier alpha value is -1.81. The highest BCUT2D eigenvalue weighted by molar-refractivity contribution is 6.30. The van der Waals surface area contributed by atoms with E-state index in [4.69, 9.17) is 21.4 Å². The lowest BCUT2D eigenvalue weighted by molar-refractivity contribution is -0.144. The van der Waals surface area contributed by atoms with Gasteiger partial charge in [0.25, 0.3) is 0 Å². The number of hydrogen-bond donors (Lipinski definition) is 0. The van der Waals surface area contributed by atoms with Crippen molar-refractivity contribution < 1.29 is 9.53 Å². The molecule has 1 aromatic carbocycles. The molecule has 1 fully saturated rings. The standard InChI is InChI=1S/C22H27ClN2O2/c1-27-22(26)20(15-7-3-2-4-8-15)21-18-9-5-6-10-19(18)24-25(21)17-13-11-16(23)12-14-17/h11-15,20H,2-10H2,1H3. The maximum absolute atomic E-state index is 12.9. The Morgan fingerprint density at radius 3 is 2.52 bits per heavy atom. The number of aryl methyl sites for hydroxylation is 1. The van der Waals surface area contributed by atoms with Crippen molar-refractivity contribution in [1.29, 1.82) is 0 Å². The molecule has 4 rings (SSSR count). The largest absolute Gasteiger partial charge is 0.468 e. The first-order chi connectivity index (χ1) is 13.2. The molecule has 0 radical (unpaired) electrons. The molecule has 1 saturated carbocycles. The van der Waals surface area contributed by atoms with Gasteiger partial charge < -0.3 is 4.74 Å². The minimum absolute atomic E-state index is 0.120. The number of fused-ring (bicyclic) bond motifs is 1. The van der Waals surface area contributed by atoms with Crippen LogP contribution in [0.25, 0.3) is 5.69 Å². The van der Waals surface area contributed by atoms with Gasteiger partial charge in [-0.15, -0.1) is 0 Å². The highest BCUT2D eigenvalue weighted by atomic mass is 35.5. The summed E-state index contributed by atoms with van der Waals surface area (Å²) in [4.78, 5) is 12.9. The Kier molecular flexibility index (Phi) is 5.53. The van der Waals surface area contributed by atoms with Crippen molar-refractivity contribution in [2.24, 2.45) is 5.92 Å². The van der Waals surface area contributed by atoms with Crippen molar-refractivity contribution in [1.82, 2.24) is 9.78 Å². The molecule has 5 heteroatoms. The van der Waals surface area contributed by atoms with E-state index in [1.54, 1.807) is 0 Å². The van der Waals surface area contributed by atoms with E-state index >= 15 is 0 Å². The number of halogens is 1. The Bertz CT molecular complexity index is 806. The smallest absolute Gasteiger partial charge is 0.315 e. The van der Waals surface area contributed by atoms with E-state index in [0.29, 0.717) is 10.9 Å². The number of nitrogens with zero attached hydrogens (tertiary/aromatic N) is 2. The third kappa shape index (κ3) is 3.64. The quantitative estimate of drug-likeness (QED) is 0.675. The summed E-state index contributed by atoms with van der Waals surface area (Å²) >= 11 is 6.09. The molecule has 27 heavy (non-hydrogen) atoms. The second kappa shape index (κ2) is 8.05. The fourth-order valence-corrected chi connectivity index (χ4v) is 4.92. The van der Waals surface area contributed by atoms with Crippen molar-refractivity contribution in [2.45, 2.75) is 63.7 Å². The van der Waals surface area contributed by atoms with E-state index in [2.05, 4.69) is 0 Å². The van der Waals surface area contributed by atoms with Gasteiger partial charge in [-0.05, 0) is 74.3 Å². The zero-order valence-corrected chi connectivity index (χ0v) is 16.7. The van der Waals surface area contributed by atoms with Crippen LogP contribution in [0.4, 0.5) is 0 Å². The van der Waals surface area contributed by atoms with E-state index in [1.807, 2.05) is 28.9 Å². The summed E-state index contributed by atoms with van der Waals surface area (Å²) < 4.78 is 7.29. The molecule has 0 amide bonds. The van der Waals surface area contributed by atoms with Crippen LogP contribution in [-0.2, 0) is 22.4 Å². The molecule has 0 aliphatic heterocycles. The Labute approximate surface area is 165 Å². The molecule has 0 N–H and O–H groups in total. The number of hydrogen-bond acceptors (Lipinski definition) is 3. The van der Waals surface area contributed by atoms with Crippen LogP contribution in [0.5, 0.6) is 0 Å². The molecule has 4 nitrogen and oxygen atoms in total. The number of carbonyl (C=O) groups excluding carboxylic acids is 1. The van der Waals surface area contributed by atoms with E-state index in [-0.39, 0.29) is 11.9 Å². The predicted octanol–water partition coefficient (Wildman–Crippen LogP) is 5.24. The molecular weight excluding hydrogens is 360 g/mol. The van der Waals surface area contributed by atoms with Gasteiger partial charge in [-0.2, -0.15) is 5.10 Å². The first kappa shape index (κ1) is 18.5. The van der Waals surface area contributed by atoms with Crippen LogP contribution in [-0.4, -0.2) is 22.9 Å². The fourth-order valence-electron chi connectivity index (χ4n) is 4.80. The Morgan fingerprint density at radius 2 is 1.81 bits per heavy atom. The summed E-state index contributed by atoms with van der Waals surface area (Å²) in [5.74, 6) is -0.0225. The molecule has 2 aliphatic rings. The minimum Gasteiger partial charge on any atom is -0.468 e. The molecule has 1 atom stereocenters. The Balaban J connectivity index is 1.86. The van der Waals surface area contributed by atoms with Crippen molar-refractivity contribution in [3.8, 4) is 5.69 Å². The number of carbonyl (C=O) groups is 1. The van der Waals surface area contributed by atoms with Crippen molar-refractivity contribution in [2.75, 3.05) is 7.11 Å². The molecule has 0 saturated heterocycles. The van der Waals surface area contributed by atoms with Gasteiger partial charge in [-0.1, -0.05) is 30.9 Å². The van der Waals surface area contributed by atoms with Gasteiger partial charge in [0.2, 0.25) is 0 Å². The number of benzene rings is 1. The van der Waals surface area contributed by atoms with Gasteiger partial charge in [0, 0.05) is 5.02 Å². The second-order valence-electron chi connectivity index (χ2n) is 7.80. The molecule has 2 aliphatic carbocycles. The maximum atomic E-state index is 12.9. The molecule has 1 heterocycles. The van der Waals surface area contributed by atoms with Crippen LogP contribution in [0.1, 0.15) is 67.8 Å². The molecule has 0 spiro atoms. The van der Waals surface area contributed by atoms with Crippen molar-refractivity contribution >= 4 is 17.6 Å². The van der Waals surface area contributed by atoms with Crippen molar-refractivity contribution in [3.63, 3.8) is 0 Å². The van der Waals surface area contributed by atoms with Crippen LogP contribution in [0.2, 0.25) is 5.02 Å². The highest BCUT2D eigenvalue weighted by Crippen LogP contribution is 2.41. The lowest BCUT2D eigenvalue weighted by Crippen LogP contribution is -2.28. The van der Waals surface area contributed by atoms with Crippen LogP contribution in [0.15, 0.2) is 24.3 Å². The van der Waals surface area contributed by atoms with Gasteiger partial charge in [-0.25, -0.2) is 4.68 Å². The predicted molar refractivity (Wildman–Crippen MR) is 107 cm³/mol. The van der Waals surface area contributed by atoms with E-state index in [0.717, 1.165) is 55.6 Å². The molecule has 2 aromatic rings.